The standard InChI is InChI=1S/C25H19Br2NO4/c1-15-5-3-6-16(9-15)14-31-23-20(27)10-17(12-22(23)30-2)11-21-25(29)32-24(28-21)18-7-4-8-19(26)13-18/h3-13H,14H2,1-2H3/b21-11-. The van der Waals surface area contributed by atoms with Crippen LogP contribution in [0.2, 0.25) is 0 Å². The summed E-state index contributed by atoms with van der Waals surface area (Å²) in [5, 5.41) is 0. The first-order valence-corrected chi connectivity index (χ1v) is 11.4. The van der Waals surface area contributed by atoms with E-state index in [1.54, 1.807) is 19.3 Å². The number of ether oxygens (including phenoxy) is 3. The van der Waals surface area contributed by atoms with E-state index in [2.05, 4.69) is 42.9 Å². The number of cyclic esters (lactones) is 1. The first-order valence-electron chi connectivity index (χ1n) is 9.77. The van der Waals surface area contributed by atoms with Gasteiger partial charge < -0.3 is 14.2 Å². The summed E-state index contributed by atoms with van der Waals surface area (Å²) in [7, 11) is 1.57. The van der Waals surface area contributed by atoms with Gasteiger partial charge in [-0.15, -0.1) is 0 Å². The Morgan fingerprint density at radius 1 is 1.06 bits per heavy atom. The molecule has 3 aromatic rings. The zero-order valence-corrected chi connectivity index (χ0v) is 20.6. The van der Waals surface area contributed by atoms with E-state index in [1.165, 1.54) is 5.56 Å². The Morgan fingerprint density at radius 3 is 2.62 bits per heavy atom. The maximum atomic E-state index is 12.4. The maximum absolute atomic E-state index is 12.4. The van der Waals surface area contributed by atoms with Crippen molar-refractivity contribution in [3.05, 3.63) is 97.6 Å². The molecule has 162 valence electrons. The van der Waals surface area contributed by atoms with Crippen LogP contribution in [0, 0.1) is 6.92 Å². The third kappa shape index (κ3) is 5.11. The SMILES string of the molecule is COc1cc(/C=C2\N=C(c3cccc(Br)c3)OC2=O)cc(Br)c1OCc1cccc(C)c1. The van der Waals surface area contributed by atoms with Crippen LogP contribution in [0.4, 0.5) is 0 Å². The lowest BCUT2D eigenvalue weighted by molar-refractivity contribution is -0.129. The molecule has 0 bridgehead atoms. The van der Waals surface area contributed by atoms with Crippen LogP contribution in [0.25, 0.3) is 6.08 Å². The molecule has 0 aromatic heterocycles. The van der Waals surface area contributed by atoms with E-state index in [0.717, 1.165) is 21.2 Å². The second kappa shape index (κ2) is 9.71. The van der Waals surface area contributed by atoms with Crippen molar-refractivity contribution in [3.63, 3.8) is 0 Å². The molecule has 0 saturated heterocycles. The predicted octanol–water partition coefficient (Wildman–Crippen LogP) is 6.45. The lowest BCUT2D eigenvalue weighted by Gasteiger charge is -2.14. The Labute approximate surface area is 203 Å². The minimum atomic E-state index is -0.505. The average molecular weight is 557 g/mol. The van der Waals surface area contributed by atoms with Crippen LogP contribution >= 0.6 is 31.9 Å². The van der Waals surface area contributed by atoms with Crippen molar-refractivity contribution in [2.45, 2.75) is 13.5 Å². The quantitative estimate of drug-likeness (QED) is 0.258. The summed E-state index contributed by atoms with van der Waals surface area (Å²) in [5.41, 5.74) is 3.89. The number of aryl methyl sites for hydroxylation is 1. The molecule has 0 fully saturated rings. The number of benzene rings is 3. The smallest absolute Gasteiger partial charge is 0.363 e. The fraction of sp³-hybridized carbons (Fsp3) is 0.120. The monoisotopic (exact) mass is 555 g/mol. The minimum absolute atomic E-state index is 0.211. The molecule has 1 aliphatic heterocycles. The lowest BCUT2D eigenvalue weighted by Crippen LogP contribution is -2.05. The molecule has 0 saturated carbocycles. The molecule has 0 amide bonds. The number of carbonyl (C=O) groups excluding carboxylic acids is 1. The normalized spacial score (nSPS) is 14.3. The van der Waals surface area contributed by atoms with Crippen LogP contribution in [0.5, 0.6) is 11.5 Å². The van der Waals surface area contributed by atoms with Crippen molar-refractivity contribution in [2.75, 3.05) is 7.11 Å². The van der Waals surface area contributed by atoms with E-state index < -0.39 is 5.97 Å². The van der Waals surface area contributed by atoms with Gasteiger partial charge in [0.25, 0.3) is 0 Å². The zero-order chi connectivity index (χ0) is 22.7. The second-order valence-electron chi connectivity index (χ2n) is 7.16. The van der Waals surface area contributed by atoms with E-state index in [0.29, 0.717) is 22.6 Å². The number of halogens is 2. The minimum Gasteiger partial charge on any atom is -0.493 e. The summed E-state index contributed by atoms with van der Waals surface area (Å²) in [6.07, 6.45) is 1.66. The van der Waals surface area contributed by atoms with Crippen molar-refractivity contribution >= 4 is 49.8 Å². The Morgan fingerprint density at radius 2 is 1.88 bits per heavy atom. The van der Waals surface area contributed by atoms with Gasteiger partial charge >= 0.3 is 5.97 Å². The largest absolute Gasteiger partial charge is 0.493 e. The number of hydrogen-bond acceptors (Lipinski definition) is 5. The van der Waals surface area contributed by atoms with Crippen LogP contribution in [0.3, 0.4) is 0 Å². The van der Waals surface area contributed by atoms with Gasteiger partial charge in [-0.05, 0) is 70.4 Å². The summed E-state index contributed by atoms with van der Waals surface area (Å²) >= 11 is 6.97. The molecule has 5 nitrogen and oxygen atoms in total. The summed E-state index contributed by atoms with van der Waals surface area (Å²) < 4.78 is 18.5. The molecule has 0 unspecified atom stereocenters. The highest BCUT2D eigenvalue weighted by Gasteiger charge is 2.24. The lowest BCUT2D eigenvalue weighted by atomic mass is 10.1. The zero-order valence-electron chi connectivity index (χ0n) is 17.4. The molecule has 0 aliphatic carbocycles. The van der Waals surface area contributed by atoms with Crippen LogP contribution in [-0.4, -0.2) is 19.0 Å². The summed E-state index contributed by atoms with van der Waals surface area (Å²) in [6.45, 7) is 2.45. The molecule has 1 heterocycles. The topological polar surface area (TPSA) is 57.1 Å². The number of carbonyl (C=O) groups is 1. The van der Waals surface area contributed by atoms with E-state index in [-0.39, 0.29) is 11.6 Å². The fourth-order valence-corrected chi connectivity index (χ4v) is 4.21. The summed E-state index contributed by atoms with van der Waals surface area (Å²) in [6, 6.07) is 19.2. The molecule has 4 rings (SSSR count). The Kier molecular flexibility index (Phi) is 6.77. The molecule has 3 aromatic carbocycles. The van der Waals surface area contributed by atoms with E-state index in [9.17, 15) is 4.79 Å². The van der Waals surface area contributed by atoms with Crippen molar-refractivity contribution in [2.24, 2.45) is 4.99 Å². The first-order chi connectivity index (χ1) is 15.4. The van der Waals surface area contributed by atoms with Gasteiger partial charge in [-0.3, -0.25) is 0 Å². The van der Waals surface area contributed by atoms with Gasteiger partial charge in [0.1, 0.15) is 6.61 Å². The van der Waals surface area contributed by atoms with Crippen molar-refractivity contribution in [1.82, 2.24) is 0 Å². The van der Waals surface area contributed by atoms with E-state index >= 15 is 0 Å². The number of methoxy groups -OCH3 is 1. The van der Waals surface area contributed by atoms with E-state index in [4.69, 9.17) is 14.2 Å². The van der Waals surface area contributed by atoms with Gasteiger partial charge in [0.15, 0.2) is 17.2 Å². The highest BCUT2D eigenvalue weighted by molar-refractivity contribution is 9.10. The van der Waals surface area contributed by atoms with Crippen LogP contribution in [-0.2, 0) is 16.1 Å². The molecule has 0 radical (unpaired) electrons. The molecular weight excluding hydrogens is 538 g/mol. The predicted molar refractivity (Wildman–Crippen MR) is 131 cm³/mol. The van der Waals surface area contributed by atoms with Crippen LogP contribution in [0.15, 0.2) is 80.3 Å². The third-order valence-electron chi connectivity index (χ3n) is 4.71. The Bertz CT molecular complexity index is 1250. The average Bonchev–Trinajstić information content (AvgIpc) is 3.13. The van der Waals surface area contributed by atoms with Gasteiger partial charge in [-0.1, -0.05) is 51.8 Å². The second-order valence-corrected chi connectivity index (χ2v) is 8.93. The number of hydrogen-bond donors (Lipinski definition) is 0. The van der Waals surface area contributed by atoms with Gasteiger partial charge in [0, 0.05) is 10.0 Å². The number of esters is 1. The van der Waals surface area contributed by atoms with Crippen molar-refractivity contribution < 1.29 is 19.0 Å². The van der Waals surface area contributed by atoms with Crippen LogP contribution in [0.1, 0.15) is 22.3 Å². The molecular formula is C25H19Br2NO4. The molecule has 1 aliphatic rings. The Hall–Kier alpha value is -2.90. The highest BCUT2D eigenvalue weighted by Crippen LogP contribution is 2.38. The summed E-state index contributed by atoms with van der Waals surface area (Å²) in [4.78, 5) is 16.7. The van der Waals surface area contributed by atoms with E-state index in [1.807, 2.05) is 55.5 Å². The van der Waals surface area contributed by atoms with Gasteiger partial charge in [-0.2, -0.15) is 0 Å². The Balaban J connectivity index is 1.59. The number of aliphatic imine (C=N–C) groups is 1. The molecule has 7 heteroatoms. The molecule has 0 atom stereocenters. The third-order valence-corrected chi connectivity index (χ3v) is 5.80. The molecule has 32 heavy (non-hydrogen) atoms. The molecule has 0 spiro atoms. The van der Waals surface area contributed by atoms with Crippen molar-refractivity contribution in [3.8, 4) is 11.5 Å². The van der Waals surface area contributed by atoms with Crippen LogP contribution < -0.4 is 9.47 Å². The number of nitrogens with zero attached hydrogens (tertiary/aromatic N) is 1. The first kappa shape index (κ1) is 22.3. The fourth-order valence-electron chi connectivity index (χ4n) is 3.23. The summed E-state index contributed by atoms with van der Waals surface area (Å²) in [5.74, 6) is 0.895. The number of rotatable bonds is 6. The van der Waals surface area contributed by atoms with Gasteiger partial charge in [0.05, 0.1) is 11.6 Å². The van der Waals surface area contributed by atoms with Gasteiger partial charge in [-0.25, -0.2) is 9.79 Å². The highest BCUT2D eigenvalue weighted by atomic mass is 79.9. The molecule has 0 N–H and O–H groups in total. The maximum Gasteiger partial charge on any atom is 0.363 e. The van der Waals surface area contributed by atoms with Gasteiger partial charge in [0.2, 0.25) is 5.90 Å². The van der Waals surface area contributed by atoms with Crippen molar-refractivity contribution in [1.29, 1.82) is 0 Å².